The lowest BCUT2D eigenvalue weighted by atomic mass is 9.78. The van der Waals surface area contributed by atoms with Gasteiger partial charge in [0.25, 0.3) is 0 Å². The summed E-state index contributed by atoms with van der Waals surface area (Å²) in [4.78, 5) is 7.41. The van der Waals surface area contributed by atoms with Crippen LogP contribution in [0.1, 0.15) is 64.2 Å². The minimum Gasteiger partial charge on any atom is -0.339 e. The quantitative estimate of drug-likeness (QED) is 0.331. The topological polar surface area (TPSA) is 53.6 Å². The molecule has 4 nitrogen and oxygen atoms in total. The molecule has 108 valence electrons. The molecule has 1 heterocycles. The molecular weight excluding hydrogens is 236 g/mol. The van der Waals surface area contributed by atoms with Gasteiger partial charge in [0.2, 0.25) is 5.96 Å². The molecule has 0 aromatic carbocycles. The number of nitrogens with zero attached hydrogens (tertiary/aromatic N) is 2. The zero-order valence-corrected chi connectivity index (χ0v) is 12.0. The summed E-state index contributed by atoms with van der Waals surface area (Å²) < 4.78 is 0. The van der Waals surface area contributed by atoms with Crippen molar-refractivity contribution in [3.63, 3.8) is 0 Å². The van der Waals surface area contributed by atoms with Crippen LogP contribution in [-0.4, -0.2) is 29.5 Å². The average molecular weight is 264 g/mol. The maximum absolute atomic E-state index is 5.78. The van der Waals surface area contributed by atoms with Gasteiger partial charge in [-0.15, -0.1) is 0 Å². The van der Waals surface area contributed by atoms with Gasteiger partial charge in [-0.2, -0.15) is 0 Å². The van der Waals surface area contributed by atoms with Gasteiger partial charge < -0.3 is 4.90 Å². The van der Waals surface area contributed by atoms with E-state index in [4.69, 9.17) is 10.8 Å². The number of piperidine rings is 1. The molecule has 1 aliphatic heterocycles. The summed E-state index contributed by atoms with van der Waals surface area (Å²) in [5.74, 6) is 7.64. The van der Waals surface area contributed by atoms with Crippen LogP contribution in [0.15, 0.2) is 4.99 Å². The molecule has 2 unspecified atom stereocenters. The number of likely N-dealkylation sites (tertiary alicyclic amines) is 1. The standard InChI is InChI=1S/C15H28N4/c16-18-15(17-13-8-2-3-9-13)19-11-5-7-12-6-1-4-10-14(12)19/h12-14H,1-11,16H2,(H,17,18). The van der Waals surface area contributed by atoms with Gasteiger partial charge >= 0.3 is 0 Å². The molecule has 0 amide bonds. The van der Waals surface area contributed by atoms with Gasteiger partial charge in [0.05, 0.1) is 6.04 Å². The molecule has 3 N–H and O–H groups in total. The van der Waals surface area contributed by atoms with Crippen molar-refractivity contribution in [2.75, 3.05) is 6.54 Å². The average Bonchev–Trinajstić information content (AvgIpc) is 2.97. The molecule has 3 aliphatic rings. The van der Waals surface area contributed by atoms with E-state index in [2.05, 4.69) is 10.3 Å². The summed E-state index contributed by atoms with van der Waals surface area (Å²) in [6.07, 6.45) is 13.4. The molecule has 0 aromatic rings. The monoisotopic (exact) mass is 264 g/mol. The Balaban J connectivity index is 1.73. The maximum atomic E-state index is 5.78. The Bertz CT molecular complexity index is 320. The molecule has 3 rings (SSSR count). The smallest absolute Gasteiger partial charge is 0.208 e. The molecule has 2 saturated carbocycles. The lowest BCUT2D eigenvalue weighted by Crippen LogP contribution is -2.55. The summed E-state index contributed by atoms with van der Waals surface area (Å²) in [7, 11) is 0. The Labute approximate surface area is 116 Å². The number of hydrogen-bond donors (Lipinski definition) is 2. The predicted octanol–water partition coefficient (Wildman–Crippen LogP) is 2.40. The van der Waals surface area contributed by atoms with Crippen LogP contribution in [0.25, 0.3) is 0 Å². The van der Waals surface area contributed by atoms with Crippen LogP contribution < -0.4 is 11.3 Å². The van der Waals surface area contributed by atoms with Crippen LogP contribution in [-0.2, 0) is 0 Å². The third-order valence-electron chi connectivity index (χ3n) is 5.27. The van der Waals surface area contributed by atoms with Crippen molar-refractivity contribution >= 4 is 5.96 Å². The molecule has 1 saturated heterocycles. The Morgan fingerprint density at radius 1 is 0.947 bits per heavy atom. The number of hydrazine groups is 1. The highest BCUT2D eigenvalue weighted by Crippen LogP contribution is 2.35. The van der Waals surface area contributed by atoms with E-state index in [-0.39, 0.29) is 0 Å². The summed E-state index contributed by atoms with van der Waals surface area (Å²) in [6.45, 7) is 1.14. The van der Waals surface area contributed by atoms with E-state index in [1.807, 2.05) is 0 Å². The fourth-order valence-corrected chi connectivity index (χ4v) is 4.29. The second-order valence-electron chi connectivity index (χ2n) is 6.48. The van der Waals surface area contributed by atoms with E-state index in [1.54, 1.807) is 0 Å². The van der Waals surface area contributed by atoms with Gasteiger partial charge in [-0.05, 0) is 44.4 Å². The lowest BCUT2D eigenvalue weighted by Gasteiger charge is -2.45. The highest BCUT2D eigenvalue weighted by Gasteiger charge is 2.35. The van der Waals surface area contributed by atoms with Crippen LogP contribution in [0.5, 0.6) is 0 Å². The molecule has 3 fully saturated rings. The summed E-state index contributed by atoms with van der Waals surface area (Å²) in [5, 5.41) is 0. The number of hydrogen-bond acceptors (Lipinski definition) is 2. The number of nitrogens with one attached hydrogen (secondary N) is 1. The van der Waals surface area contributed by atoms with Crippen molar-refractivity contribution in [1.29, 1.82) is 0 Å². The Morgan fingerprint density at radius 3 is 2.42 bits per heavy atom. The highest BCUT2D eigenvalue weighted by molar-refractivity contribution is 5.80. The number of fused-ring (bicyclic) bond motifs is 1. The van der Waals surface area contributed by atoms with Gasteiger partial charge in [-0.25, -0.2) is 10.8 Å². The third-order valence-corrected chi connectivity index (χ3v) is 5.27. The Kier molecular flexibility index (Phi) is 4.26. The second kappa shape index (κ2) is 6.12. The van der Waals surface area contributed by atoms with E-state index < -0.39 is 0 Å². The van der Waals surface area contributed by atoms with Crippen molar-refractivity contribution in [2.45, 2.75) is 76.3 Å². The van der Waals surface area contributed by atoms with Crippen LogP contribution in [0.4, 0.5) is 0 Å². The molecule has 0 spiro atoms. The number of nitrogens with two attached hydrogens (primary N) is 1. The zero-order valence-electron chi connectivity index (χ0n) is 12.0. The van der Waals surface area contributed by atoms with Gasteiger partial charge in [0.15, 0.2) is 0 Å². The number of rotatable bonds is 1. The molecular formula is C15H28N4. The summed E-state index contributed by atoms with van der Waals surface area (Å²) in [5.41, 5.74) is 2.91. The molecule has 2 atom stereocenters. The number of aliphatic imine (C=N–C) groups is 1. The third kappa shape index (κ3) is 2.88. The normalized spacial score (nSPS) is 33.3. The first-order valence-electron chi connectivity index (χ1n) is 8.19. The van der Waals surface area contributed by atoms with Gasteiger partial charge in [-0.1, -0.05) is 25.7 Å². The zero-order chi connectivity index (χ0) is 13.1. The lowest BCUT2D eigenvalue weighted by molar-refractivity contribution is 0.115. The van der Waals surface area contributed by atoms with Gasteiger partial charge in [0.1, 0.15) is 0 Å². The van der Waals surface area contributed by atoms with E-state index in [9.17, 15) is 0 Å². The first-order chi connectivity index (χ1) is 9.38. The van der Waals surface area contributed by atoms with Gasteiger partial charge in [0, 0.05) is 12.6 Å². The highest BCUT2D eigenvalue weighted by atomic mass is 15.4. The molecule has 2 aliphatic carbocycles. The minimum absolute atomic E-state index is 0.509. The fraction of sp³-hybridized carbons (Fsp3) is 0.933. The summed E-state index contributed by atoms with van der Waals surface area (Å²) >= 11 is 0. The van der Waals surface area contributed by atoms with Crippen LogP contribution in [0, 0.1) is 5.92 Å². The molecule has 4 heteroatoms. The van der Waals surface area contributed by atoms with Crippen molar-refractivity contribution in [3.8, 4) is 0 Å². The van der Waals surface area contributed by atoms with Gasteiger partial charge in [-0.3, -0.25) is 5.43 Å². The van der Waals surface area contributed by atoms with Crippen LogP contribution in [0.2, 0.25) is 0 Å². The van der Waals surface area contributed by atoms with Crippen LogP contribution in [0.3, 0.4) is 0 Å². The van der Waals surface area contributed by atoms with Crippen molar-refractivity contribution in [1.82, 2.24) is 10.3 Å². The maximum Gasteiger partial charge on any atom is 0.208 e. The largest absolute Gasteiger partial charge is 0.339 e. The van der Waals surface area contributed by atoms with E-state index in [0.717, 1.165) is 18.4 Å². The van der Waals surface area contributed by atoms with Crippen LogP contribution >= 0.6 is 0 Å². The van der Waals surface area contributed by atoms with E-state index >= 15 is 0 Å². The molecule has 0 radical (unpaired) electrons. The van der Waals surface area contributed by atoms with Crippen molar-refractivity contribution in [2.24, 2.45) is 16.8 Å². The first-order valence-corrected chi connectivity index (χ1v) is 8.19. The van der Waals surface area contributed by atoms with E-state index in [1.165, 1.54) is 64.2 Å². The predicted molar refractivity (Wildman–Crippen MR) is 78.7 cm³/mol. The molecule has 0 aromatic heterocycles. The fourth-order valence-electron chi connectivity index (χ4n) is 4.29. The first kappa shape index (κ1) is 13.2. The Hall–Kier alpha value is -0.770. The number of guanidine groups is 1. The van der Waals surface area contributed by atoms with Crippen molar-refractivity contribution in [3.05, 3.63) is 0 Å². The molecule has 19 heavy (non-hydrogen) atoms. The SMILES string of the molecule is NNC(=NC1CCCC1)N1CCCC2CCCCC21. The summed E-state index contributed by atoms with van der Waals surface area (Å²) in [6, 6.07) is 1.20. The second-order valence-corrected chi connectivity index (χ2v) is 6.48. The van der Waals surface area contributed by atoms with Crippen molar-refractivity contribution < 1.29 is 0 Å². The minimum atomic E-state index is 0.509. The molecule has 0 bridgehead atoms. The van der Waals surface area contributed by atoms with E-state index in [0.29, 0.717) is 12.1 Å². The Morgan fingerprint density at radius 2 is 1.63 bits per heavy atom.